The number of carbonyl (C=O) groups excluding carboxylic acids is 1. The van der Waals surface area contributed by atoms with Gasteiger partial charge in [-0.2, -0.15) is 0 Å². The van der Waals surface area contributed by atoms with Gasteiger partial charge in [-0.05, 0) is 25.6 Å². The number of carboxylic acid groups (broad SMARTS) is 1. The third-order valence-corrected chi connectivity index (χ3v) is 3.54. The predicted octanol–water partition coefficient (Wildman–Crippen LogP) is 0.924. The molecule has 0 saturated heterocycles. The molecule has 1 heterocycles. The highest BCUT2D eigenvalue weighted by atomic mass is 32.1. The number of rotatable bonds is 6. The van der Waals surface area contributed by atoms with E-state index in [-0.39, 0.29) is 17.9 Å². The first kappa shape index (κ1) is 17.5. The molecule has 1 N–H and O–H groups in total. The zero-order chi connectivity index (χ0) is 16.2. The second-order valence-corrected chi connectivity index (χ2v) is 6.88. The van der Waals surface area contributed by atoms with E-state index in [9.17, 15) is 9.59 Å². The minimum atomic E-state index is -1.03. The highest BCUT2D eigenvalue weighted by molar-refractivity contribution is 7.08. The number of hydrogen-bond acceptors (Lipinski definition) is 6. The number of aromatic nitrogens is 2. The Bertz CT molecular complexity index is 508. The predicted molar refractivity (Wildman–Crippen MR) is 80.7 cm³/mol. The van der Waals surface area contributed by atoms with E-state index in [0.717, 1.165) is 11.5 Å². The Hall–Kier alpha value is -1.54. The van der Waals surface area contributed by atoms with Crippen molar-refractivity contribution in [2.45, 2.75) is 26.2 Å². The summed E-state index contributed by atoms with van der Waals surface area (Å²) in [6.07, 6.45) is 0. The highest BCUT2D eigenvalue weighted by Gasteiger charge is 2.29. The van der Waals surface area contributed by atoms with E-state index in [1.54, 1.807) is 0 Å². The molecule has 1 aromatic rings. The maximum absolute atomic E-state index is 12.6. The minimum absolute atomic E-state index is 0.311. The zero-order valence-corrected chi connectivity index (χ0v) is 13.9. The molecule has 0 atom stereocenters. The van der Waals surface area contributed by atoms with Crippen LogP contribution in [0.4, 0.5) is 0 Å². The number of aliphatic carboxylic acids is 1. The van der Waals surface area contributed by atoms with E-state index in [1.165, 1.54) is 4.90 Å². The number of amides is 1. The Kier molecular flexibility index (Phi) is 5.79. The van der Waals surface area contributed by atoms with Gasteiger partial charge in [0.1, 0.15) is 11.4 Å². The zero-order valence-electron chi connectivity index (χ0n) is 13.1. The number of carboxylic acids is 1. The average molecular weight is 314 g/mol. The van der Waals surface area contributed by atoms with Crippen LogP contribution in [-0.4, -0.2) is 70.1 Å². The van der Waals surface area contributed by atoms with E-state index in [1.807, 2.05) is 39.8 Å². The summed E-state index contributed by atoms with van der Waals surface area (Å²) in [6.45, 7) is 6.45. The molecule has 0 aliphatic rings. The van der Waals surface area contributed by atoms with Crippen LogP contribution in [0.2, 0.25) is 0 Å². The average Bonchev–Trinajstić information content (AvgIpc) is 2.81. The first-order chi connectivity index (χ1) is 9.62. The van der Waals surface area contributed by atoms with Crippen LogP contribution in [0, 0.1) is 0 Å². The van der Waals surface area contributed by atoms with E-state index < -0.39 is 5.97 Å². The van der Waals surface area contributed by atoms with E-state index in [0.29, 0.717) is 23.7 Å². The summed E-state index contributed by atoms with van der Waals surface area (Å²) >= 11 is 1.02. The van der Waals surface area contributed by atoms with Gasteiger partial charge >= 0.3 is 5.97 Å². The topological polar surface area (TPSA) is 86.6 Å². The molecule has 118 valence electrons. The van der Waals surface area contributed by atoms with Crippen molar-refractivity contribution in [2.75, 3.05) is 33.7 Å². The van der Waals surface area contributed by atoms with Crippen molar-refractivity contribution in [1.29, 1.82) is 0 Å². The second kappa shape index (κ2) is 6.95. The Morgan fingerprint density at radius 3 is 2.33 bits per heavy atom. The summed E-state index contributed by atoms with van der Waals surface area (Å²) in [4.78, 5) is 27.2. The number of likely N-dealkylation sites (N-methyl/N-ethyl adjacent to an activating group) is 1. The van der Waals surface area contributed by atoms with Crippen LogP contribution in [0.15, 0.2) is 0 Å². The molecule has 1 amide bonds. The Morgan fingerprint density at radius 1 is 1.24 bits per heavy atom. The van der Waals surface area contributed by atoms with Crippen molar-refractivity contribution < 1.29 is 14.7 Å². The van der Waals surface area contributed by atoms with Gasteiger partial charge in [-0.1, -0.05) is 25.3 Å². The van der Waals surface area contributed by atoms with Gasteiger partial charge in [0.05, 0.1) is 5.69 Å². The van der Waals surface area contributed by atoms with Gasteiger partial charge in [-0.3, -0.25) is 9.59 Å². The van der Waals surface area contributed by atoms with Crippen LogP contribution in [0.5, 0.6) is 0 Å². The molecule has 0 aliphatic carbocycles. The fourth-order valence-electron chi connectivity index (χ4n) is 1.70. The van der Waals surface area contributed by atoms with Crippen molar-refractivity contribution in [1.82, 2.24) is 19.4 Å². The van der Waals surface area contributed by atoms with E-state index in [4.69, 9.17) is 5.11 Å². The number of hydrogen-bond donors (Lipinski definition) is 1. The molecular formula is C13H22N4O3S. The van der Waals surface area contributed by atoms with Crippen LogP contribution in [0.3, 0.4) is 0 Å². The van der Waals surface area contributed by atoms with Crippen molar-refractivity contribution in [3.8, 4) is 0 Å². The summed E-state index contributed by atoms with van der Waals surface area (Å²) in [7, 11) is 3.75. The molecule has 8 heteroatoms. The van der Waals surface area contributed by atoms with Gasteiger partial charge in [-0.25, -0.2) is 0 Å². The van der Waals surface area contributed by atoms with Crippen molar-refractivity contribution >= 4 is 23.4 Å². The third kappa shape index (κ3) is 5.05. The van der Waals surface area contributed by atoms with Crippen LogP contribution in [0.1, 0.15) is 36.1 Å². The molecule has 1 rings (SSSR count). The van der Waals surface area contributed by atoms with Gasteiger partial charge in [0.2, 0.25) is 0 Å². The Balaban J connectivity index is 3.00. The van der Waals surface area contributed by atoms with Crippen LogP contribution in [-0.2, 0) is 10.2 Å². The molecular weight excluding hydrogens is 292 g/mol. The van der Waals surface area contributed by atoms with Crippen LogP contribution < -0.4 is 0 Å². The fourth-order valence-corrected chi connectivity index (χ4v) is 2.55. The third-order valence-electron chi connectivity index (χ3n) is 2.82. The smallest absolute Gasteiger partial charge is 0.323 e. The minimum Gasteiger partial charge on any atom is -0.480 e. The summed E-state index contributed by atoms with van der Waals surface area (Å²) in [5, 5.41) is 13.0. The van der Waals surface area contributed by atoms with Gasteiger partial charge in [0.25, 0.3) is 5.91 Å². The first-order valence-corrected chi connectivity index (χ1v) is 7.39. The lowest BCUT2D eigenvalue weighted by Crippen LogP contribution is -2.40. The molecule has 0 aliphatic heterocycles. The molecule has 7 nitrogen and oxygen atoms in total. The normalized spacial score (nSPS) is 11.7. The Labute approximate surface area is 128 Å². The summed E-state index contributed by atoms with van der Waals surface area (Å²) < 4.78 is 3.85. The largest absolute Gasteiger partial charge is 0.480 e. The lowest BCUT2D eigenvalue weighted by Gasteiger charge is -2.23. The molecule has 0 saturated carbocycles. The fraction of sp³-hybridized carbons (Fsp3) is 0.692. The molecule has 1 aromatic heterocycles. The summed E-state index contributed by atoms with van der Waals surface area (Å²) in [5.74, 6) is -1.35. The molecule has 0 spiro atoms. The molecule has 21 heavy (non-hydrogen) atoms. The van der Waals surface area contributed by atoms with E-state index in [2.05, 4.69) is 9.59 Å². The first-order valence-electron chi connectivity index (χ1n) is 6.61. The lowest BCUT2D eigenvalue weighted by molar-refractivity contribution is -0.137. The van der Waals surface area contributed by atoms with Crippen molar-refractivity contribution in [3.63, 3.8) is 0 Å². The molecule has 0 aromatic carbocycles. The van der Waals surface area contributed by atoms with Crippen molar-refractivity contribution in [2.24, 2.45) is 0 Å². The van der Waals surface area contributed by atoms with Gasteiger partial charge in [0, 0.05) is 18.5 Å². The maximum Gasteiger partial charge on any atom is 0.323 e. The highest BCUT2D eigenvalue weighted by Crippen LogP contribution is 2.26. The summed E-state index contributed by atoms with van der Waals surface area (Å²) in [6, 6.07) is 0. The lowest BCUT2D eigenvalue weighted by atomic mass is 9.91. The monoisotopic (exact) mass is 314 g/mol. The molecule has 0 bridgehead atoms. The SMILES string of the molecule is CN(C)CCN(CC(=O)O)C(=O)c1snnc1C(C)(C)C. The molecule has 0 fully saturated rings. The van der Waals surface area contributed by atoms with Crippen LogP contribution in [0.25, 0.3) is 0 Å². The van der Waals surface area contributed by atoms with Gasteiger partial charge in [0.15, 0.2) is 0 Å². The van der Waals surface area contributed by atoms with Crippen molar-refractivity contribution in [3.05, 3.63) is 10.6 Å². The Morgan fingerprint density at radius 2 is 1.86 bits per heavy atom. The van der Waals surface area contributed by atoms with Gasteiger partial charge < -0.3 is 14.9 Å². The number of carbonyl (C=O) groups is 2. The quantitative estimate of drug-likeness (QED) is 0.840. The summed E-state index contributed by atoms with van der Waals surface area (Å²) in [5.41, 5.74) is 0.298. The second-order valence-electron chi connectivity index (χ2n) is 6.12. The van der Waals surface area contributed by atoms with Gasteiger partial charge in [-0.15, -0.1) is 5.10 Å². The number of nitrogens with zero attached hydrogens (tertiary/aromatic N) is 4. The maximum atomic E-state index is 12.6. The van der Waals surface area contributed by atoms with E-state index >= 15 is 0 Å². The van der Waals surface area contributed by atoms with Crippen LogP contribution >= 0.6 is 11.5 Å². The molecule has 0 radical (unpaired) electrons. The standard InChI is InChI=1S/C13H22N4O3S/c1-13(2,3)11-10(21-15-14-11)12(20)17(8-9(18)19)7-6-16(4)5/h6-8H2,1-5H3,(H,18,19). The molecule has 0 unspecified atom stereocenters.